The molecule has 21 heavy (non-hydrogen) atoms. The molecule has 0 unspecified atom stereocenters. The Morgan fingerprint density at radius 1 is 1.19 bits per heavy atom. The van der Waals surface area contributed by atoms with E-state index < -0.39 is 12.2 Å². The average molecular weight is 300 g/mol. The van der Waals surface area contributed by atoms with Crippen molar-refractivity contribution in [2.75, 3.05) is 13.2 Å². The highest BCUT2D eigenvalue weighted by atomic mass is 16.6. The van der Waals surface area contributed by atoms with Crippen molar-refractivity contribution in [3.05, 3.63) is 0 Å². The first-order chi connectivity index (χ1) is 10.2. The number of ether oxygens (including phenoxy) is 3. The van der Waals surface area contributed by atoms with Gasteiger partial charge in [0, 0.05) is 6.61 Å². The molecule has 5 heteroatoms. The van der Waals surface area contributed by atoms with E-state index in [4.69, 9.17) is 14.2 Å². The van der Waals surface area contributed by atoms with Crippen LogP contribution in [0.3, 0.4) is 0 Å². The number of hydrogen-bond acceptors (Lipinski definition) is 5. The van der Waals surface area contributed by atoms with Crippen molar-refractivity contribution >= 4 is 5.97 Å². The third kappa shape index (κ3) is 4.94. The molecule has 2 heterocycles. The van der Waals surface area contributed by atoms with Crippen LogP contribution in [0.2, 0.25) is 0 Å². The zero-order chi connectivity index (χ0) is 15.1. The molecule has 1 N–H and O–H groups in total. The zero-order valence-electron chi connectivity index (χ0n) is 13.0. The molecule has 2 rings (SSSR count). The van der Waals surface area contributed by atoms with Crippen molar-refractivity contribution < 1.29 is 24.1 Å². The molecule has 0 spiro atoms. The van der Waals surface area contributed by atoms with Gasteiger partial charge in [0.05, 0.1) is 13.0 Å². The van der Waals surface area contributed by atoms with Gasteiger partial charge < -0.3 is 19.3 Å². The van der Waals surface area contributed by atoms with E-state index in [1.807, 2.05) is 0 Å². The molecule has 4 atom stereocenters. The first kappa shape index (κ1) is 16.7. The lowest BCUT2D eigenvalue weighted by Crippen LogP contribution is -2.34. The first-order valence-corrected chi connectivity index (χ1v) is 8.33. The zero-order valence-corrected chi connectivity index (χ0v) is 13.0. The minimum Gasteiger partial charge on any atom is -0.457 e. The predicted octanol–water partition coefficient (Wildman–Crippen LogP) is 2.20. The van der Waals surface area contributed by atoms with Crippen LogP contribution >= 0.6 is 0 Å². The maximum absolute atomic E-state index is 11.1. The topological polar surface area (TPSA) is 65.0 Å². The molecule has 0 radical (unpaired) electrons. The van der Waals surface area contributed by atoms with Gasteiger partial charge in [-0.25, -0.2) is 0 Å². The fourth-order valence-corrected chi connectivity index (χ4v) is 2.99. The summed E-state index contributed by atoms with van der Waals surface area (Å²) in [7, 11) is 0. The van der Waals surface area contributed by atoms with Crippen LogP contribution in [0.15, 0.2) is 0 Å². The molecule has 0 bridgehead atoms. The molecular weight excluding hydrogens is 272 g/mol. The van der Waals surface area contributed by atoms with E-state index in [2.05, 4.69) is 6.92 Å². The van der Waals surface area contributed by atoms with E-state index in [9.17, 15) is 9.90 Å². The minimum atomic E-state index is -0.754. The van der Waals surface area contributed by atoms with E-state index in [0.29, 0.717) is 13.2 Å². The molecule has 122 valence electrons. The average Bonchev–Trinajstić information content (AvgIpc) is 2.96. The number of hydrogen-bond donors (Lipinski definition) is 1. The summed E-state index contributed by atoms with van der Waals surface area (Å²) < 4.78 is 16.3. The van der Waals surface area contributed by atoms with Crippen molar-refractivity contribution in [3.8, 4) is 0 Å². The second-order valence-electron chi connectivity index (χ2n) is 6.06. The Hall–Kier alpha value is -0.650. The fourth-order valence-electron chi connectivity index (χ4n) is 2.99. The maximum atomic E-state index is 11.1. The van der Waals surface area contributed by atoms with Crippen LogP contribution in [0.25, 0.3) is 0 Å². The Labute approximate surface area is 126 Å². The summed E-state index contributed by atoms with van der Waals surface area (Å²) in [6, 6.07) is 0. The largest absolute Gasteiger partial charge is 0.457 e. The summed E-state index contributed by atoms with van der Waals surface area (Å²) in [6.07, 6.45) is 7.12. The van der Waals surface area contributed by atoms with Gasteiger partial charge in [0.2, 0.25) is 0 Å². The second kappa shape index (κ2) is 8.71. The number of rotatable bonds is 10. The molecule has 2 fully saturated rings. The maximum Gasteiger partial charge on any atom is 0.309 e. The third-order valence-electron chi connectivity index (χ3n) is 4.24. The van der Waals surface area contributed by atoms with Gasteiger partial charge in [0.15, 0.2) is 6.10 Å². The number of esters is 1. The van der Waals surface area contributed by atoms with Crippen LogP contribution in [0, 0.1) is 0 Å². The van der Waals surface area contributed by atoms with Crippen LogP contribution in [-0.4, -0.2) is 48.7 Å². The Kier molecular flexibility index (Phi) is 6.93. The molecule has 0 aromatic carbocycles. The van der Waals surface area contributed by atoms with Gasteiger partial charge in [0.25, 0.3) is 0 Å². The molecule has 2 saturated heterocycles. The van der Waals surface area contributed by atoms with Gasteiger partial charge in [-0.2, -0.15) is 0 Å². The first-order valence-electron chi connectivity index (χ1n) is 8.33. The Morgan fingerprint density at radius 2 is 1.90 bits per heavy atom. The summed E-state index contributed by atoms with van der Waals surface area (Å²) in [4.78, 5) is 11.1. The van der Waals surface area contributed by atoms with Gasteiger partial charge >= 0.3 is 5.97 Å². The highest BCUT2D eigenvalue weighted by Crippen LogP contribution is 2.31. The lowest BCUT2D eigenvalue weighted by Gasteiger charge is -2.16. The quantitative estimate of drug-likeness (QED) is 0.495. The smallest absolute Gasteiger partial charge is 0.309 e. The second-order valence-corrected chi connectivity index (χ2v) is 6.06. The number of carbonyl (C=O) groups excluding carboxylic acids is 1. The molecule has 0 saturated carbocycles. The van der Waals surface area contributed by atoms with Gasteiger partial charge in [-0.05, 0) is 6.42 Å². The molecule has 0 amide bonds. The van der Waals surface area contributed by atoms with Crippen molar-refractivity contribution in [1.29, 1.82) is 0 Å². The Morgan fingerprint density at radius 3 is 2.62 bits per heavy atom. The predicted molar refractivity (Wildman–Crippen MR) is 78.0 cm³/mol. The monoisotopic (exact) mass is 300 g/mol. The van der Waals surface area contributed by atoms with Crippen LogP contribution in [0.4, 0.5) is 0 Å². The van der Waals surface area contributed by atoms with Crippen molar-refractivity contribution in [2.45, 2.75) is 82.7 Å². The highest BCUT2D eigenvalue weighted by molar-refractivity contribution is 5.72. The number of aliphatic hydroxyl groups is 1. The van der Waals surface area contributed by atoms with Crippen LogP contribution < -0.4 is 0 Å². The number of unbranched alkanes of at least 4 members (excludes halogenated alkanes) is 6. The lowest BCUT2D eigenvalue weighted by atomic mass is 10.1. The van der Waals surface area contributed by atoms with Gasteiger partial charge in [-0.15, -0.1) is 0 Å². The van der Waals surface area contributed by atoms with Gasteiger partial charge in [0.1, 0.15) is 18.3 Å². The molecule has 2 aliphatic heterocycles. The van der Waals surface area contributed by atoms with E-state index >= 15 is 0 Å². The highest BCUT2D eigenvalue weighted by Gasteiger charge is 2.50. The van der Waals surface area contributed by atoms with E-state index in [-0.39, 0.29) is 24.6 Å². The van der Waals surface area contributed by atoms with Crippen LogP contribution in [-0.2, 0) is 19.0 Å². The molecule has 0 aliphatic carbocycles. The van der Waals surface area contributed by atoms with Gasteiger partial charge in [-0.3, -0.25) is 4.79 Å². The van der Waals surface area contributed by atoms with Crippen molar-refractivity contribution in [1.82, 2.24) is 0 Å². The van der Waals surface area contributed by atoms with E-state index in [1.165, 1.54) is 38.5 Å². The standard InChI is InChI=1S/C16H28O5/c1-2-3-4-5-6-7-8-9-19-11-13-15(18)16-12(20-13)10-14(17)21-16/h12-13,15-16,18H,2-11H2,1H3/t12-,13+,15+,16+/m1/s1. The third-order valence-corrected chi connectivity index (χ3v) is 4.24. The van der Waals surface area contributed by atoms with Crippen LogP contribution in [0.1, 0.15) is 58.3 Å². The SMILES string of the molecule is CCCCCCCCCOC[C@@H]1O[C@@H]2CC(=O)O[C@@H]2[C@H]1O. The normalized spacial score (nSPS) is 31.4. The summed E-state index contributed by atoms with van der Waals surface area (Å²) in [5.41, 5.74) is 0. The fraction of sp³-hybridized carbons (Fsp3) is 0.938. The Balaban J connectivity index is 1.48. The molecular formula is C16H28O5. The minimum absolute atomic E-state index is 0.246. The Bertz CT molecular complexity index is 320. The number of aliphatic hydroxyl groups excluding tert-OH is 1. The molecule has 5 nitrogen and oxygen atoms in total. The van der Waals surface area contributed by atoms with E-state index in [1.54, 1.807) is 0 Å². The number of fused-ring (bicyclic) bond motifs is 1. The number of carbonyl (C=O) groups is 1. The molecule has 2 aliphatic rings. The lowest BCUT2D eigenvalue weighted by molar-refractivity contribution is -0.146. The van der Waals surface area contributed by atoms with Crippen LogP contribution in [0.5, 0.6) is 0 Å². The molecule has 0 aromatic rings. The van der Waals surface area contributed by atoms with Crippen molar-refractivity contribution in [3.63, 3.8) is 0 Å². The van der Waals surface area contributed by atoms with Gasteiger partial charge in [-0.1, -0.05) is 45.4 Å². The molecule has 0 aromatic heterocycles. The van der Waals surface area contributed by atoms with Crippen molar-refractivity contribution in [2.24, 2.45) is 0 Å². The summed E-state index contributed by atoms with van der Waals surface area (Å²) in [6.45, 7) is 3.31. The van der Waals surface area contributed by atoms with E-state index in [0.717, 1.165) is 6.42 Å². The summed E-state index contributed by atoms with van der Waals surface area (Å²) in [5.74, 6) is -0.286. The summed E-state index contributed by atoms with van der Waals surface area (Å²) >= 11 is 0. The summed E-state index contributed by atoms with van der Waals surface area (Å²) in [5, 5.41) is 10.0.